The molecule has 1 aromatic rings. The highest BCUT2D eigenvalue weighted by Gasteiger charge is 2.29. The van der Waals surface area contributed by atoms with Gasteiger partial charge in [0.05, 0.1) is 12.0 Å². The predicted octanol–water partition coefficient (Wildman–Crippen LogP) is 2.15. The van der Waals surface area contributed by atoms with E-state index in [1.165, 1.54) is 25.3 Å². The lowest BCUT2D eigenvalue weighted by atomic mass is 10.1. The van der Waals surface area contributed by atoms with Gasteiger partial charge in [0.15, 0.2) is 0 Å². The van der Waals surface area contributed by atoms with Gasteiger partial charge in [-0.05, 0) is 25.0 Å². The molecule has 0 N–H and O–H groups in total. The van der Waals surface area contributed by atoms with E-state index >= 15 is 0 Å². The number of rotatable bonds is 3. The summed E-state index contributed by atoms with van der Waals surface area (Å²) in [5.74, 6) is -0.576. The highest BCUT2D eigenvalue weighted by molar-refractivity contribution is 6.07. The van der Waals surface area contributed by atoms with Crippen molar-refractivity contribution in [3.8, 4) is 5.75 Å². The van der Waals surface area contributed by atoms with Gasteiger partial charge in [-0.1, -0.05) is 6.42 Å². The van der Waals surface area contributed by atoms with Crippen LogP contribution in [0.2, 0.25) is 0 Å². The van der Waals surface area contributed by atoms with Crippen LogP contribution in [0.25, 0.3) is 0 Å². The number of nitro benzene ring substituents is 1. The number of methoxy groups -OCH3 is 1. The minimum atomic E-state index is -0.632. The van der Waals surface area contributed by atoms with Crippen LogP contribution in [0.5, 0.6) is 5.75 Å². The summed E-state index contributed by atoms with van der Waals surface area (Å²) in [7, 11) is 1.41. The van der Waals surface area contributed by atoms with Gasteiger partial charge in [0.1, 0.15) is 11.3 Å². The molecule has 0 aliphatic carbocycles. The second-order valence-corrected chi connectivity index (χ2v) is 4.80. The SMILES string of the molecule is COc1ccc([N+](=O)[O-])c(C(=O)N2CCCCCC2=O)c1. The maximum Gasteiger partial charge on any atom is 0.282 e. The second kappa shape index (κ2) is 6.34. The number of nitro groups is 1. The molecule has 112 valence electrons. The Labute approximate surface area is 121 Å². The normalized spacial score (nSPS) is 15.5. The van der Waals surface area contributed by atoms with Crippen LogP contribution in [0.3, 0.4) is 0 Å². The maximum absolute atomic E-state index is 12.5. The van der Waals surface area contributed by atoms with Crippen molar-refractivity contribution in [1.82, 2.24) is 4.90 Å². The van der Waals surface area contributed by atoms with Gasteiger partial charge in [0.25, 0.3) is 11.6 Å². The molecule has 2 rings (SSSR count). The fraction of sp³-hybridized carbons (Fsp3) is 0.429. The predicted molar refractivity (Wildman–Crippen MR) is 74.2 cm³/mol. The zero-order valence-corrected chi connectivity index (χ0v) is 11.7. The van der Waals surface area contributed by atoms with E-state index in [4.69, 9.17) is 4.74 Å². The molecule has 1 heterocycles. The Morgan fingerprint density at radius 2 is 2.10 bits per heavy atom. The van der Waals surface area contributed by atoms with Gasteiger partial charge in [-0.3, -0.25) is 24.6 Å². The first kappa shape index (κ1) is 15.0. The van der Waals surface area contributed by atoms with E-state index in [0.717, 1.165) is 24.2 Å². The zero-order chi connectivity index (χ0) is 15.4. The van der Waals surface area contributed by atoms with Crippen molar-refractivity contribution in [3.05, 3.63) is 33.9 Å². The largest absolute Gasteiger partial charge is 0.497 e. The lowest BCUT2D eigenvalue weighted by Crippen LogP contribution is -2.36. The van der Waals surface area contributed by atoms with Crippen molar-refractivity contribution in [3.63, 3.8) is 0 Å². The minimum Gasteiger partial charge on any atom is -0.497 e. The van der Waals surface area contributed by atoms with Crippen LogP contribution in [0.1, 0.15) is 36.0 Å². The number of benzene rings is 1. The van der Waals surface area contributed by atoms with Gasteiger partial charge in [-0.25, -0.2) is 0 Å². The number of imide groups is 1. The van der Waals surface area contributed by atoms with Crippen molar-refractivity contribution >= 4 is 17.5 Å². The molecule has 0 atom stereocenters. The van der Waals surface area contributed by atoms with E-state index in [-0.39, 0.29) is 17.2 Å². The molecule has 7 nitrogen and oxygen atoms in total. The smallest absolute Gasteiger partial charge is 0.282 e. The summed E-state index contributed by atoms with van der Waals surface area (Å²) in [5, 5.41) is 11.1. The molecule has 2 amide bonds. The van der Waals surface area contributed by atoms with E-state index in [9.17, 15) is 19.7 Å². The molecule has 1 aliphatic rings. The molecule has 0 radical (unpaired) electrons. The first-order valence-corrected chi connectivity index (χ1v) is 6.71. The molecule has 1 fully saturated rings. The average molecular weight is 292 g/mol. The van der Waals surface area contributed by atoms with Crippen LogP contribution < -0.4 is 4.74 Å². The minimum absolute atomic E-state index is 0.116. The molecule has 0 aromatic heterocycles. The summed E-state index contributed by atoms with van der Waals surface area (Å²) in [6.45, 7) is 0.298. The summed E-state index contributed by atoms with van der Waals surface area (Å²) >= 11 is 0. The molecule has 1 aliphatic heterocycles. The van der Waals surface area contributed by atoms with E-state index in [1.807, 2.05) is 0 Å². The van der Waals surface area contributed by atoms with Gasteiger partial charge in [-0.2, -0.15) is 0 Å². The van der Waals surface area contributed by atoms with Crippen LogP contribution >= 0.6 is 0 Å². The van der Waals surface area contributed by atoms with Crippen LogP contribution in [0, 0.1) is 10.1 Å². The zero-order valence-electron chi connectivity index (χ0n) is 11.7. The van der Waals surface area contributed by atoms with Gasteiger partial charge in [0.2, 0.25) is 5.91 Å². The molecule has 0 spiro atoms. The number of amides is 2. The Bertz CT molecular complexity index is 585. The number of hydrogen-bond acceptors (Lipinski definition) is 5. The standard InChI is InChI=1S/C14H16N2O5/c1-21-10-6-7-12(16(19)20)11(9-10)14(18)15-8-4-2-3-5-13(15)17/h6-7,9H,2-5,8H2,1H3. The monoisotopic (exact) mass is 292 g/mol. The number of carbonyl (C=O) groups is 2. The topological polar surface area (TPSA) is 89.8 Å². The summed E-state index contributed by atoms with van der Waals surface area (Å²) in [6.07, 6.45) is 2.62. The van der Waals surface area contributed by atoms with E-state index in [0.29, 0.717) is 18.7 Å². The van der Waals surface area contributed by atoms with Crippen molar-refractivity contribution in [2.75, 3.05) is 13.7 Å². The molecule has 7 heteroatoms. The molecule has 1 saturated heterocycles. The first-order chi connectivity index (χ1) is 10.0. The average Bonchev–Trinajstić information content (AvgIpc) is 2.70. The molecular weight excluding hydrogens is 276 g/mol. The van der Waals surface area contributed by atoms with Gasteiger partial charge >= 0.3 is 0 Å². The van der Waals surface area contributed by atoms with Crippen molar-refractivity contribution in [2.45, 2.75) is 25.7 Å². The Hall–Kier alpha value is -2.44. The number of nitrogens with zero attached hydrogens (tertiary/aromatic N) is 2. The fourth-order valence-electron chi connectivity index (χ4n) is 2.32. The molecule has 0 bridgehead atoms. The highest BCUT2D eigenvalue weighted by Crippen LogP contribution is 2.26. The summed E-state index contributed by atoms with van der Waals surface area (Å²) in [6, 6.07) is 3.94. The Kier molecular flexibility index (Phi) is 4.52. The Balaban J connectivity index is 2.40. The van der Waals surface area contributed by atoms with E-state index in [1.54, 1.807) is 0 Å². The molecular formula is C14H16N2O5. The van der Waals surface area contributed by atoms with E-state index < -0.39 is 10.8 Å². The fourth-order valence-corrected chi connectivity index (χ4v) is 2.32. The first-order valence-electron chi connectivity index (χ1n) is 6.71. The molecule has 21 heavy (non-hydrogen) atoms. The molecule has 0 saturated carbocycles. The van der Waals surface area contributed by atoms with Crippen LogP contribution in [-0.2, 0) is 4.79 Å². The van der Waals surface area contributed by atoms with Gasteiger partial charge in [-0.15, -0.1) is 0 Å². The van der Waals surface area contributed by atoms with E-state index in [2.05, 4.69) is 0 Å². The second-order valence-electron chi connectivity index (χ2n) is 4.80. The Morgan fingerprint density at radius 3 is 2.76 bits per heavy atom. The highest BCUT2D eigenvalue weighted by atomic mass is 16.6. The van der Waals surface area contributed by atoms with Gasteiger partial charge < -0.3 is 4.74 Å². The Morgan fingerprint density at radius 1 is 1.33 bits per heavy atom. The van der Waals surface area contributed by atoms with Crippen molar-refractivity contribution in [1.29, 1.82) is 0 Å². The summed E-state index contributed by atoms with van der Waals surface area (Å²) in [4.78, 5) is 36.0. The van der Waals surface area contributed by atoms with Gasteiger partial charge in [0, 0.05) is 19.0 Å². The summed E-state index contributed by atoms with van der Waals surface area (Å²) in [5.41, 5.74) is -0.438. The number of ether oxygens (including phenoxy) is 1. The van der Waals surface area contributed by atoms with Crippen LogP contribution in [0.4, 0.5) is 5.69 Å². The summed E-state index contributed by atoms with van der Waals surface area (Å²) < 4.78 is 5.00. The quantitative estimate of drug-likeness (QED) is 0.483. The van der Waals surface area contributed by atoms with Crippen molar-refractivity contribution < 1.29 is 19.2 Å². The van der Waals surface area contributed by atoms with Crippen LogP contribution in [0.15, 0.2) is 18.2 Å². The molecule has 0 unspecified atom stereocenters. The third-order valence-corrected chi connectivity index (χ3v) is 3.45. The van der Waals surface area contributed by atoms with Crippen molar-refractivity contribution in [2.24, 2.45) is 0 Å². The number of likely N-dealkylation sites (tertiary alicyclic amines) is 1. The third kappa shape index (κ3) is 3.18. The number of carbonyl (C=O) groups excluding carboxylic acids is 2. The van der Waals surface area contributed by atoms with Crippen LogP contribution in [-0.4, -0.2) is 35.3 Å². The lowest BCUT2D eigenvalue weighted by Gasteiger charge is -2.18. The third-order valence-electron chi connectivity index (χ3n) is 3.45. The maximum atomic E-state index is 12.5. The molecule has 1 aromatic carbocycles. The lowest BCUT2D eigenvalue weighted by molar-refractivity contribution is -0.385. The number of hydrogen-bond donors (Lipinski definition) is 0.